The third-order valence-electron chi connectivity index (χ3n) is 1.47. The van der Waals surface area contributed by atoms with E-state index in [4.69, 9.17) is 5.11 Å². The van der Waals surface area contributed by atoms with Crippen molar-refractivity contribution in [2.24, 2.45) is 4.99 Å². The second kappa shape index (κ2) is 3.85. The van der Waals surface area contributed by atoms with Gasteiger partial charge in [-0.3, -0.25) is 4.99 Å². The molecule has 0 spiro atoms. The molecule has 0 aliphatic carbocycles. The number of esters is 1. The first-order chi connectivity index (χ1) is 5.70. The van der Waals surface area contributed by atoms with Gasteiger partial charge in [0.25, 0.3) is 0 Å². The van der Waals surface area contributed by atoms with Gasteiger partial charge in [-0.25, -0.2) is 9.59 Å². The molecule has 0 saturated carbocycles. The van der Waals surface area contributed by atoms with Crippen molar-refractivity contribution < 1.29 is 19.4 Å². The lowest BCUT2D eigenvalue weighted by atomic mass is 10.2. The predicted molar refractivity (Wildman–Crippen MR) is 39.9 cm³/mol. The van der Waals surface area contributed by atoms with Crippen LogP contribution in [0.5, 0.6) is 0 Å². The SMILES string of the molecule is O=C(O)C(=O)OC1=NCCCC1. The molecule has 5 heteroatoms. The van der Waals surface area contributed by atoms with Crippen molar-refractivity contribution in [2.75, 3.05) is 6.54 Å². The van der Waals surface area contributed by atoms with Crippen LogP contribution in [0.25, 0.3) is 0 Å². The second-order valence-corrected chi connectivity index (χ2v) is 2.43. The number of rotatable bonds is 0. The second-order valence-electron chi connectivity index (χ2n) is 2.43. The third-order valence-corrected chi connectivity index (χ3v) is 1.47. The van der Waals surface area contributed by atoms with E-state index in [9.17, 15) is 9.59 Å². The molecular formula is C7H9NO4. The normalized spacial score (nSPS) is 16.5. The highest BCUT2D eigenvalue weighted by atomic mass is 16.6. The molecule has 0 aromatic heterocycles. The van der Waals surface area contributed by atoms with Gasteiger partial charge in [0.1, 0.15) is 0 Å². The van der Waals surface area contributed by atoms with Crippen LogP contribution in [0.4, 0.5) is 0 Å². The highest BCUT2D eigenvalue weighted by Crippen LogP contribution is 2.06. The molecule has 1 N–H and O–H groups in total. The third kappa shape index (κ3) is 2.34. The van der Waals surface area contributed by atoms with E-state index < -0.39 is 11.9 Å². The molecule has 0 atom stereocenters. The molecule has 5 nitrogen and oxygen atoms in total. The van der Waals surface area contributed by atoms with Crippen LogP contribution in [-0.2, 0) is 14.3 Å². The standard InChI is InChI=1S/C7H9NO4/c9-6(10)7(11)12-5-3-1-2-4-8-5/h1-4H2,(H,9,10). The maximum absolute atomic E-state index is 10.5. The van der Waals surface area contributed by atoms with Gasteiger partial charge in [0, 0.05) is 13.0 Å². The molecule has 12 heavy (non-hydrogen) atoms. The van der Waals surface area contributed by atoms with E-state index in [2.05, 4.69) is 9.73 Å². The van der Waals surface area contributed by atoms with Crippen molar-refractivity contribution in [1.29, 1.82) is 0 Å². The summed E-state index contributed by atoms with van der Waals surface area (Å²) in [5.41, 5.74) is 0. The Morgan fingerprint density at radius 1 is 1.42 bits per heavy atom. The number of aliphatic carboxylic acids is 1. The topological polar surface area (TPSA) is 76.0 Å². The van der Waals surface area contributed by atoms with Crippen LogP contribution < -0.4 is 0 Å². The highest BCUT2D eigenvalue weighted by Gasteiger charge is 2.17. The van der Waals surface area contributed by atoms with Crippen LogP contribution in [-0.4, -0.2) is 29.5 Å². The largest absolute Gasteiger partial charge is 0.473 e. The molecule has 0 fully saturated rings. The molecule has 0 aromatic carbocycles. The molecule has 0 aromatic rings. The maximum atomic E-state index is 10.5. The molecule has 66 valence electrons. The molecule has 0 radical (unpaired) electrons. The number of aliphatic imine (C=N–C) groups is 1. The van der Waals surface area contributed by atoms with Gasteiger partial charge in [-0.15, -0.1) is 0 Å². The van der Waals surface area contributed by atoms with Gasteiger partial charge in [0.15, 0.2) is 5.90 Å². The Hall–Kier alpha value is -1.39. The molecule has 1 aliphatic rings. The number of hydrogen-bond acceptors (Lipinski definition) is 4. The van der Waals surface area contributed by atoms with Gasteiger partial charge in [-0.1, -0.05) is 0 Å². The van der Waals surface area contributed by atoms with Crippen LogP contribution in [0.3, 0.4) is 0 Å². The number of ether oxygens (including phenoxy) is 1. The molecule has 0 bridgehead atoms. The van der Waals surface area contributed by atoms with Crippen LogP contribution in [0, 0.1) is 0 Å². The Kier molecular flexibility index (Phi) is 2.79. The molecule has 0 amide bonds. The van der Waals surface area contributed by atoms with Crippen molar-refractivity contribution in [2.45, 2.75) is 19.3 Å². The lowest BCUT2D eigenvalue weighted by Gasteiger charge is -2.09. The number of nitrogens with zero attached hydrogens (tertiary/aromatic N) is 1. The van der Waals surface area contributed by atoms with Gasteiger partial charge < -0.3 is 9.84 Å². The number of hydrogen-bond donors (Lipinski definition) is 1. The van der Waals surface area contributed by atoms with Crippen molar-refractivity contribution >= 4 is 17.8 Å². The predicted octanol–water partition coefficient (Wildman–Crippen LogP) is 0.197. The Labute approximate surface area is 69.0 Å². The van der Waals surface area contributed by atoms with Crippen LogP contribution in [0.15, 0.2) is 4.99 Å². The minimum Gasteiger partial charge on any atom is -0.473 e. The van der Waals surface area contributed by atoms with E-state index in [1.165, 1.54) is 0 Å². The maximum Gasteiger partial charge on any atom is 0.423 e. The fourth-order valence-corrected chi connectivity index (χ4v) is 0.905. The Morgan fingerprint density at radius 3 is 2.67 bits per heavy atom. The molecule has 1 heterocycles. The zero-order valence-electron chi connectivity index (χ0n) is 6.45. The van der Waals surface area contributed by atoms with Gasteiger partial charge in [-0.2, -0.15) is 0 Å². The van der Waals surface area contributed by atoms with E-state index in [-0.39, 0.29) is 5.90 Å². The Morgan fingerprint density at radius 2 is 2.17 bits per heavy atom. The monoisotopic (exact) mass is 171 g/mol. The van der Waals surface area contributed by atoms with Gasteiger partial charge in [0.05, 0.1) is 0 Å². The van der Waals surface area contributed by atoms with Crippen molar-refractivity contribution in [1.82, 2.24) is 0 Å². The number of carboxylic acids is 1. The Bertz CT molecular complexity index is 234. The average Bonchev–Trinajstić information content (AvgIpc) is 2.06. The number of carboxylic acid groups (broad SMARTS) is 1. The summed E-state index contributed by atoms with van der Waals surface area (Å²) in [7, 11) is 0. The first-order valence-corrected chi connectivity index (χ1v) is 3.68. The summed E-state index contributed by atoms with van der Waals surface area (Å²) < 4.78 is 4.46. The molecule has 0 unspecified atom stereocenters. The summed E-state index contributed by atoms with van der Waals surface area (Å²) in [6.45, 7) is 0.613. The fourth-order valence-electron chi connectivity index (χ4n) is 0.905. The smallest absolute Gasteiger partial charge is 0.423 e. The quantitative estimate of drug-likeness (QED) is 0.417. The van der Waals surface area contributed by atoms with Crippen LogP contribution >= 0.6 is 0 Å². The van der Waals surface area contributed by atoms with Crippen LogP contribution in [0.1, 0.15) is 19.3 Å². The van der Waals surface area contributed by atoms with E-state index in [0.717, 1.165) is 12.8 Å². The molecule has 1 aliphatic heterocycles. The van der Waals surface area contributed by atoms with E-state index in [1.54, 1.807) is 0 Å². The Balaban J connectivity index is 2.44. The zero-order chi connectivity index (χ0) is 8.97. The summed E-state index contributed by atoms with van der Waals surface area (Å²) in [6.07, 6.45) is 2.42. The molecular weight excluding hydrogens is 162 g/mol. The zero-order valence-corrected chi connectivity index (χ0v) is 6.45. The lowest BCUT2D eigenvalue weighted by Crippen LogP contribution is -2.22. The highest BCUT2D eigenvalue weighted by molar-refractivity contribution is 6.30. The number of carbonyl (C=O) groups is 2. The van der Waals surface area contributed by atoms with E-state index in [0.29, 0.717) is 13.0 Å². The van der Waals surface area contributed by atoms with Crippen molar-refractivity contribution in [3.8, 4) is 0 Å². The first-order valence-electron chi connectivity index (χ1n) is 3.68. The number of carbonyl (C=O) groups excluding carboxylic acids is 1. The minimum atomic E-state index is -1.58. The summed E-state index contributed by atoms with van der Waals surface area (Å²) in [6, 6.07) is 0. The first kappa shape index (κ1) is 8.70. The lowest BCUT2D eigenvalue weighted by molar-refractivity contribution is -0.158. The van der Waals surface area contributed by atoms with Crippen LogP contribution in [0.2, 0.25) is 0 Å². The minimum absolute atomic E-state index is 0.244. The summed E-state index contributed by atoms with van der Waals surface area (Å²) in [4.78, 5) is 24.4. The van der Waals surface area contributed by atoms with Gasteiger partial charge in [0.2, 0.25) is 0 Å². The average molecular weight is 171 g/mol. The van der Waals surface area contributed by atoms with Crippen molar-refractivity contribution in [3.05, 3.63) is 0 Å². The van der Waals surface area contributed by atoms with Crippen molar-refractivity contribution in [3.63, 3.8) is 0 Å². The summed E-state index contributed by atoms with van der Waals surface area (Å²) in [5, 5.41) is 8.18. The molecule has 1 rings (SSSR count). The van der Waals surface area contributed by atoms with Gasteiger partial charge >= 0.3 is 11.9 Å². The summed E-state index contributed by atoms with van der Waals surface area (Å²) >= 11 is 0. The van der Waals surface area contributed by atoms with Gasteiger partial charge in [-0.05, 0) is 12.8 Å². The fraction of sp³-hybridized carbons (Fsp3) is 0.571. The van der Waals surface area contributed by atoms with E-state index >= 15 is 0 Å². The summed E-state index contributed by atoms with van der Waals surface area (Å²) in [5.74, 6) is -2.59. The van der Waals surface area contributed by atoms with E-state index in [1.807, 2.05) is 0 Å². The molecule has 0 saturated heterocycles.